The molecule has 0 radical (unpaired) electrons. The number of nitrogens with zero attached hydrogens (tertiary/aromatic N) is 1. The first kappa shape index (κ1) is 13.0. The van der Waals surface area contributed by atoms with Gasteiger partial charge in [0.2, 0.25) is 0 Å². The van der Waals surface area contributed by atoms with Gasteiger partial charge >= 0.3 is 0 Å². The fourth-order valence-electron chi connectivity index (χ4n) is 2.80. The average molecular weight is 213 g/mol. The maximum absolute atomic E-state index is 9.30. The Morgan fingerprint density at radius 2 is 2.00 bits per heavy atom. The van der Waals surface area contributed by atoms with Crippen LogP contribution in [0.25, 0.3) is 0 Å². The lowest BCUT2D eigenvalue weighted by molar-refractivity contribution is 0.102. The highest BCUT2D eigenvalue weighted by Crippen LogP contribution is 2.30. The zero-order valence-corrected chi connectivity index (χ0v) is 10.6. The van der Waals surface area contributed by atoms with E-state index in [1.165, 1.54) is 32.1 Å². The summed E-state index contributed by atoms with van der Waals surface area (Å²) in [5.74, 6) is 0.887. The van der Waals surface area contributed by atoms with Crippen molar-refractivity contribution >= 4 is 0 Å². The average Bonchev–Trinajstić information content (AvgIpc) is 2.25. The molecule has 1 fully saturated rings. The van der Waals surface area contributed by atoms with Crippen molar-refractivity contribution in [1.29, 1.82) is 0 Å². The molecule has 0 aromatic heterocycles. The van der Waals surface area contributed by atoms with Crippen molar-refractivity contribution in [2.75, 3.05) is 13.6 Å². The molecule has 15 heavy (non-hydrogen) atoms. The number of hydrogen-bond acceptors (Lipinski definition) is 2. The predicted molar refractivity (Wildman–Crippen MR) is 65.0 cm³/mol. The van der Waals surface area contributed by atoms with Gasteiger partial charge in [0, 0.05) is 12.6 Å². The summed E-state index contributed by atoms with van der Waals surface area (Å²) in [7, 11) is 2.22. The van der Waals surface area contributed by atoms with Crippen molar-refractivity contribution < 1.29 is 5.11 Å². The van der Waals surface area contributed by atoms with Crippen LogP contribution in [0.2, 0.25) is 0 Å². The van der Waals surface area contributed by atoms with Crippen LogP contribution in [0.15, 0.2) is 0 Å². The van der Waals surface area contributed by atoms with E-state index in [4.69, 9.17) is 0 Å². The molecular weight excluding hydrogens is 186 g/mol. The number of aliphatic hydroxyl groups is 1. The summed E-state index contributed by atoms with van der Waals surface area (Å²) in [5, 5.41) is 9.30. The summed E-state index contributed by atoms with van der Waals surface area (Å²) in [6.07, 6.45) is 7.62. The molecule has 1 saturated carbocycles. The first-order valence-corrected chi connectivity index (χ1v) is 6.53. The van der Waals surface area contributed by atoms with Crippen LogP contribution >= 0.6 is 0 Å². The fourth-order valence-corrected chi connectivity index (χ4v) is 2.80. The number of rotatable bonds is 5. The van der Waals surface area contributed by atoms with Gasteiger partial charge in [0.1, 0.15) is 0 Å². The zero-order valence-electron chi connectivity index (χ0n) is 10.6. The molecule has 0 amide bonds. The van der Waals surface area contributed by atoms with Gasteiger partial charge in [0.25, 0.3) is 0 Å². The molecule has 3 atom stereocenters. The highest BCUT2D eigenvalue weighted by Gasteiger charge is 2.26. The molecule has 2 nitrogen and oxygen atoms in total. The van der Waals surface area contributed by atoms with E-state index in [0.29, 0.717) is 0 Å². The highest BCUT2D eigenvalue weighted by atomic mass is 16.3. The third kappa shape index (κ3) is 4.12. The van der Waals surface area contributed by atoms with Gasteiger partial charge in [0.15, 0.2) is 0 Å². The van der Waals surface area contributed by atoms with E-state index in [1.54, 1.807) is 0 Å². The molecule has 0 bridgehead atoms. The molecule has 0 saturated heterocycles. The minimum atomic E-state index is -0.156. The summed E-state index contributed by atoms with van der Waals surface area (Å²) < 4.78 is 0. The second-order valence-electron chi connectivity index (χ2n) is 5.14. The second-order valence-corrected chi connectivity index (χ2v) is 5.14. The summed E-state index contributed by atoms with van der Waals surface area (Å²) >= 11 is 0. The fraction of sp³-hybridized carbons (Fsp3) is 1.00. The molecular formula is C13H27NO. The Hall–Kier alpha value is -0.0800. The van der Waals surface area contributed by atoms with E-state index < -0.39 is 0 Å². The van der Waals surface area contributed by atoms with Crippen molar-refractivity contribution in [2.45, 2.75) is 64.5 Å². The molecule has 0 aromatic carbocycles. The summed E-state index contributed by atoms with van der Waals surface area (Å²) in [4.78, 5) is 2.47. The van der Waals surface area contributed by atoms with E-state index >= 15 is 0 Å². The Morgan fingerprint density at radius 1 is 1.33 bits per heavy atom. The molecule has 0 heterocycles. The molecule has 3 unspecified atom stereocenters. The summed E-state index contributed by atoms with van der Waals surface area (Å²) in [6, 6.07) is 0.766. The topological polar surface area (TPSA) is 23.5 Å². The first-order chi connectivity index (χ1) is 7.15. The van der Waals surface area contributed by atoms with E-state index in [9.17, 15) is 5.11 Å². The highest BCUT2D eigenvalue weighted by molar-refractivity contribution is 4.81. The Kier molecular flexibility index (Phi) is 5.62. The third-order valence-corrected chi connectivity index (χ3v) is 3.86. The van der Waals surface area contributed by atoms with E-state index in [-0.39, 0.29) is 6.10 Å². The van der Waals surface area contributed by atoms with Crippen molar-refractivity contribution in [3.63, 3.8) is 0 Å². The third-order valence-electron chi connectivity index (χ3n) is 3.86. The van der Waals surface area contributed by atoms with E-state index in [0.717, 1.165) is 24.9 Å². The Labute approximate surface area is 94.7 Å². The van der Waals surface area contributed by atoms with Gasteiger partial charge in [-0.2, -0.15) is 0 Å². The van der Waals surface area contributed by atoms with Crippen LogP contribution in [0, 0.1) is 5.92 Å². The predicted octanol–water partition coefficient (Wildman–Crippen LogP) is 2.66. The Bertz CT molecular complexity index is 170. The zero-order chi connectivity index (χ0) is 11.3. The van der Waals surface area contributed by atoms with Crippen LogP contribution in [0.1, 0.15) is 52.4 Å². The largest absolute Gasteiger partial charge is 0.393 e. The Morgan fingerprint density at radius 3 is 2.60 bits per heavy atom. The lowest BCUT2D eigenvalue weighted by Gasteiger charge is -2.38. The standard InChI is InChI=1S/C13H27NO/c1-4-12-7-5-6-8-13(12)14(3)10-9-11(2)15/h11-13,15H,4-10H2,1-3H3. The number of aliphatic hydroxyl groups excluding tert-OH is 1. The molecule has 1 aliphatic rings. The van der Waals surface area contributed by atoms with Crippen molar-refractivity contribution in [2.24, 2.45) is 5.92 Å². The number of hydrogen-bond donors (Lipinski definition) is 1. The van der Waals surface area contributed by atoms with Gasteiger partial charge in [0.05, 0.1) is 6.10 Å². The van der Waals surface area contributed by atoms with E-state index in [2.05, 4.69) is 18.9 Å². The van der Waals surface area contributed by atoms with Gasteiger partial charge in [-0.15, -0.1) is 0 Å². The van der Waals surface area contributed by atoms with Crippen LogP contribution in [0.3, 0.4) is 0 Å². The van der Waals surface area contributed by atoms with Crippen molar-refractivity contribution in [3.05, 3.63) is 0 Å². The minimum absolute atomic E-state index is 0.156. The van der Waals surface area contributed by atoms with Crippen LogP contribution in [0.5, 0.6) is 0 Å². The maximum Gasteiger partial charge on any atom is 0.0524 e. The maximum atomic E-state index is 9.30. The molecule has 90 valence electrons. The molecule has 2 heteroatoms. The molecule has 0 aromatic rings. The van der Waals surface area contributed by atoms with Gasteiger partial charge in [-0.3, -0.25) is 0 Å². The molecule has 1 rings (SSSR count). The van der Waals surface area contributed by atoms with Crippen molar-refractivity contribution in [1.82, 2.24) is 4.90 Å². The Balaban J connectivity index is 2.37. The molecule has 1 N–H and O–H groups in total. The second kappa shape index (κ2) is 6.49. The SMILES string of the molecule is CCC1CCCCC1N(C)CCC(C)O. The van der Waals surface area contributed by atoms with Gasteiger partial charge in [-0.25, -0.2) is 0 Å². The van der Waals surface area contributed by atoms with Crippen LogP contribution in [0.4, 0.5) is 0 Å². The van der Waals surface area contributed by atoms with Crippen LogP contribution in [-0.4, -0.2) is 35.7 Å². The molecule has 0 spiro atoms. The lowest BCUT2D eigenvalue weighted by atomic mass is 9.82. The van der Waals surface area contributed by atoms with E-state index in [1.807, 2.05) is 6.92 Å². The summed E-state index contributed by atoms with van der Waals surface area (Å²) in [5.41, 5.74) is 0. The van der Waals surface area contributed by atoms with Gasteiger partial charge in [-0.1, -0.05) is 26.2 Å². The smallest absolute Gasteiger partial charge is 0.0524 e. The molecule has 1 aliphatic carbocycles. The molecule has 0 aliphatic heterocycles. The van der Waals surface area contributed by atoms with Crippen LogP contribution < -0.4 is 0 Å². The summed E-state index contributed by atoms with van der Waals surface area (Å²) in [6.45, 7) is 5.23. The van der Waals surface area contributed by atoms with Gasteiger partial charge in [-0.05, 0) is 39.2 Å². The van der Waals surface area contributed by atoms with Crippen molar-refractivity contribution in [3.8, 4) is 0 Å². The van der Waals surface area contributed by atoms with Gasteiger partial charge < -0.3 is 10.0 Å². The quantitative estimate of drug-likeness (QED) is 0.759. The monoisotopic (exact) mass is 213 g/mol. The normalized spacial score (nSPS) is 29.4. The first-order valence-electron chi connectivity index (χ1n) is 6.53. The lowest BCUT2D eigenvalue weighted by Crippen LogP contribution is -2.40. The van der Waals surface area contributed by atoms with Crippen LogP contribution in [-0.2, 0) is 0 Å². The minimum Gasteiger partial charge on any atom is -0.393 e.